The van der Waals surface area contributed by atoms with Crippen molar-refractivity contribution >= 4 is 5.69 Å². The highest BCUT2D eigenvalue weighted by Gasteiger charge is 2.05. The Morgan fingerprint density at radius 3 is 2.53 bits per heavy atom. The van der Waals surface area contributed by atoms with E-state index >= 15 is 0 Å². The van der Waals surface area contributed by atoms with E-state index in [-0.39, 0.29) is 0 Å². The van der Waals surface area contributed by atoms with Crippen LogP contribution in [0.25, 0.3) is 0 Å². The molecular weight excluding hydrogens is 190 g/mol. The second-order valence-electron chi connectivity index (χ2n) is 3.60. The lowest BCUT2D eigenvalue weighted by Gasteiger charge is -2.14. The molecule has 1 aromatic carbocycles. The van der Waals surface area contributed by atoms with Crippen molar-refractivity contribution in [1.82, 2.24) is 0 Å². The van der Waals surface area contributed by atoms with E-state index in [1.807, 2.05) is 25.1 Å². The van der Waals surface area contributed by atoms with Gasteiger partial charge in [-0.2, -0.15) is 0 Å². The average Bonchev–Trinajstić information content (AvgIpc) is 2.18. The Hall–Kier alpha value is -1.38. The van der Waals surface area contributed by atoms with Crippen LogP contribution in [0.3, 0.4) is 0 Å². The molecule has 0 aliphatic rings. The van der Waals surface area contributed by atoms with Crippen molar-refractivity contribution in [3.63, 3.8) is 0 Å². The van der Waals surface area contributed by atoms with Crippen molar-refractivity contribution in [1.29, 1.82) is 0 Å². The van der Waals surface area contributed by atoms with Gasteiger partial charge in [0.1, 0.15) is 0 Å². The minimum absolute atomic E-state index is 0.410. The largest absolute Gasteiger partial charge is 0.493 e. The van der Waals surface area contributed by atoms with E-state index in [1.54, 1.807) is 7.11 Å². The highest BCUT2D eigenvalue weighted by molar-refractivity contribution is 5.55. The molecule has 0 aliphatic carbocycles. The molecule has 15 heavy (non-hydrogen) atoms. The molecule has 0 fully saturated rings. The number of methoxy groups -OCH3 is 1. The molecule has 0 aromatic heterocycles. The zero-order valence-electron chi connectivity index (χ0n) is 9.83. The van der Waals surface area contributed by atoms with E-state index in [2.05, 4.69) is 19.2 Å². The zero-order valence-corrected chi connectivity index (χ0v) is 9.83. The molecule has 0 spiro atoms. The smallest absolute Gasteiger partial charge is 0.163 e. The summed E-state index contributed by atoms with van der Waals surface area (Å²) in [6, 6.07) is 6.27. The van der Waals surface area contributed by atoms with Crippen molar-refractivity contribution in [2.24, 2.45) is 0 Å². The molecule has 0 saturated carbocycles. The van der Waals surface area contributed by atoms with Gasteiger partial charge in [0.2, 0.25) is 0 Å². The Morgan fingerprint density at radius 2 is 2.00 bits per heavy atom. The van der Waals surface area contributed by atoms with Gasteiger partial charge in [-0.3, -0.25) is 0 Å². The van der Waals surface area contributed by atoms with E-state index in [4.69, 9.17) is 9.47 Å². The van der Waals surface area contributed by atoms with Gasteiger partial charge in [-0.25, -0.2) is 0 Å². The first-order chi connectivity index (χ1) is 7.17. The molecule has 3 nitrogen and oxygen atoms in total. The monoisotopic (exact) mass is 209 g/mol. The van der Waals surface area contributed by atoms with Gasteiger partial charge < -0.3 is 14.8 Å². The number of ether oxygens (including phenoxy) is 2. The number of benzene rings is 1. The van der Waals surface area contributed by atoms with Crippen molar-refractivity contribution < 1.29 is 9.47 Å². The topological polar surface area (TPSA) is 30.5 Å². The van der Waals surface area contributed by atoms with Crippen LogP contribution >= 0.6 is 0 Å². The lowest BCUT2D eigenvalue weighted by atomic mass is 10.2. The molecule has 0 heterocycles. The summed E-state index contributed by atoms with van der Waals surface area (Å²) < 4.78 is 10.7. The Bertz CT molecular complexity index is 310. The molecule has 1 N–H and O–H groups in total. The van der Waals surface area contributed by atoms with Gasteiger partial charge in [-0.1, -0.05) is 0 Å². The van der Waals surface area contributed by atoms with Crippen LogP contribution in [0.4, 0.5) is 5.69 Å². The fraction of sp³-hybridized carbons (Fsp3) is 0.500. The SMILES string of the molecule is CCOc1cc(NC(C)C)ccc1OC. The van der Waals surface area contributed by atoms with Crippen LogP contribution in [0.1, 0.15) is 20.8 Å². The predicted molar refractivity (Wildman–Crippen MR) is 62.9 cm³/mol. The Kier molecular flexibility index (Phi) is 4.28. The van der Waals surface area contributed by atoms with Gasteiger partial charge in [0.05, 0.1) is 13.7 Å². The molecule has 0 radical (unpaired) electrons. The van der Waals surface area contributed by atoms with E-state index in [0.29, 0.717) is 12.6 Å². The van der Waals surface area contributed by atoms with E-state index in [9.17, 15) is 0 Å². The molecule has 0 saturated heterocycles. The number of hydrogen-bond donors (Lipinski definition) is 1. The lowest BCUT2D eigenvalue weighted by molar-refractivity contribution is 0.311. The number of nitrogens with one attached hydrogen (secondary N) is 1. The fourth-order valence-electron chi connectivity index (χ4n) is 1.37. The molecule has 0 atom stereocenters. The summed E-state index contributed by atoms with van der Waals surface area (Å²) >= 11 is 0. The minimum Gasteiger partial charge on any atom is -0.493 e. The standard InChI is InChI=1S/C12H19NO2/c1-5-15-12-8-10(13-9(2)3)6-7-11(12)14-4/h6-9,13H,5H2,1-4H3. The summed E-state index contributed by atoms with van der Waals surface area (Å²) in [5.74, 6) is 1.55. The van der Waals surface area contributed by atoms with E-state index < -0.39 is 0 Å². The summed E-state index contributed by atoms with van der Waals surface area (Å²) in [7, 11) is 1.65. The Morgan fingerprint density at radius 1 is 1.27 bits per heavy atom. The molecule has 3 heteroatoms. The quantitative estimate of drug-likeness (QED) is 0.808. The highest BCUT2D eigenvalue weighted by atomic mass is 16.5. The van der Waals surface area contributed by atoms with Crippen LogP contribution in [0.2, 0.25) is 0 Å². The van der Waals surface area contributed by atoms with Crippen LogP contribution in [0.5, 0.6) is 11.5 Å². The molecule has 0 amide bonds. The van der Waals surface area contributed by atoms with Crippen LogP contribution in [-0.4, -0.2) is 19.8 Å². The van der Waals surface area contributed by atoms with Gasteiger partial charge in [0.25, 0.3) is 0 Å². The normalized spacial score (nSPS) is 10.2. The van der Waals surface area contributed by atoms with E-state index in [1.165, 1.54) is 0 Å². The predicted octanol–water partition coefficient (Wildman–Crippen LogP) is 2.91. The first-order valence-corrected chi connectivity index (χ1v) is 5.24. The van der Waals surface area contributed by atoms with Crippen LogP contribution < -0.4 is 14.8 Å². The molecular formula is C12H19NO2. The molecule has 0 unspecified atom stereocenters. The third-order valence-electron chi connectivity index (χ3n) is 1.92. The molecule has 1 rings (SSSR count). The van der Waals surface area contributed by atoms with E-state index in [0.717, 1.165) is 17.2 Å². The summed E-state index contributed by atoms with van der Waals surface area (Å²) in [5.41, 5.74) is 1.05. The van der Waals surface area contributed by atoms with Gasteiger partial charge in [0.15, 0.2) is 11.5 Å². The van der Waals surface area contributed by atoms with Gasteiger partial charge in [0, 0.05) is 17.8 Å². The minimum atomic E-state index is 0.410. The fourth-order valence-corrected chi connectivity index (χ4v) is 1.37. The highest BCUT2D eigenvalue weighted by Crippen LogP contribution is 2.30. The third-order valence-corrected chi connectivity index (χ3v) is 1.92. The summed E-state index contributed by atoms with van der Waals surface area (Å²) in [6.07, 6.45) is 0. The average molecular weight is 209 g/mol. The molecule has 84 valence electrons. The van der Waals surface area contributed by atoms with Crippen molar-refractivity contribution in [2.75, 3.05) is 19.0 Å². The first kappa shape index (κ1) is 11.7. The van der Waals surface area contributed by atoms with Crippen LogP contribution in [-0.2, 0) is 0 Å². The maximum atomic E-state index is 5.49. The van der Waals surface area contributed by atoms with Crippen molar-refractivity contribution in [3.05, 3.63) is 18.2 Å². The summed E-state index contributed by atoms with van der Waals surface area (Å²) in [4.78, 5) is 0. The van der Waals surface area contributed by atoms with Crippen LogP contribution in [0, 0.1) is 0 Å². The third kappa shape index (κ3) is 3.35. The molecule has 0 aliphatic heterocycles. The number of hydrogen-bond acceptors (Lipinski definition) is 3. The Labute approximate surface area is 91.4 Å². The van der Waals surface area contributed by atoms with Gasteiger partial charge >= 0.3 is 0 Å². The van der Waals surface area contributed by atoms with Crippen molar-refractivity contribution in [3.8, 4) is 11.5 Å². The number of anilines is 1. The number of rotatable bonds is 5. The lowest BCUT2D eigenvalue weighted by Crippen LogP contribution is -2.09. The molecule has 1 aromatic rings. The Balaban J connectivity index is 2.88. The summed E-state index contributed by atoms with van der Waals surface area (Å²) in [6.45, 7) is 6.80. The van der Waals surface area contributed by atoms with Crippen molar-refractivity contribution in [2.45, 2.75) is 26.8 Å². The van der Waals surface area contributed by atoms with Crippen LogP contribution in [0.15, 0.2) is 18.2 Å². The maximum Gasteiger partial charge on any atom is 0.163 e. The summed E-state index contributed by atoms with van der Waals surface area (Å²) in [5, 5.41) is 3.32. The molecule has 0 bridgehead atoms. The zero-order chi connectivity index (χ0) is 11.3. The van der Waals surface area contributed by atoms with Gasteiger partial charge in [-0.05, 0) is 32.9 Å². The second kappa shape index (κ2) is 5.49. The second-order valence-corrected chi connectivity index (χ2v) is 3.60. The maximum absolute atomic E-state index is 5.49. The first-order valence-electron chi connectivity index (χ1n) is 5.24. The van der Waals surface area contributed by atoms with Gasteiger partial charge in [-0.15, -0.1) is 0 Å².